The minimum Gasteiger partial charge on any atom is -0.462 e. The largest absolute Gasteiger partial charge is 0.462 e. The van der Waals surface area contributed by atoms with Crippen LogP contribution in [0.15, 0.2) is 85.1 Å². The Morgan fingerprint density at radius 1 is 0.318 bits per heavy atom. The molecule has 0 rings (SSSR count). The van der Waals surface area contributed by atoms with Gasteiger partial charge in [0.25, 0.3) is 0 Å². The van der Waals surface area contributed by atoms with Crippen molar-refractivity contribution in [2.24, 2.45) is 0 Å². The topological polar surface area (TPSA) is 78.9 Å². The second-order valence-electron chi connectivity index (χ2n) is 18.1. The second-order valence-corrected chi connectivity index (χ2v) is 18.1. The summed E-state index contributed by atoms with van der Waals surface area (Å²) in [5.41, 5.74) is 0. The Morgan fingerprint density at radius 2 is 0.591 bits per heavy atom. The molecule has 0 N–H and O–H groups in total. The van der Waals surface area contributed by atoms with Gasteiger partial charge in [0.1, 0.15) is 13.2 Å². The highest BCUT2D eigenvalue weighted by molar-refractivity contribution is 5.71. The molecule has 0 fully saturated rings. The lowest BCUT2D eigenvalue weighted by Gasteiger charge is -2.18. The first-order valence-corrected chi connectivity index (χ1v) is 27.6. The Kier molecular flexibility index (Phi) is 51.4. The quantitative estimate of drug-likeness (QED) is 0.0262. The molecular weight excluding hydrogens is 817 g/mol. The number of allylic oxidation sites excluding steroid dienone is 14. The molecule has 0 aliphatic carbocycles. The first kappa shape index (κ1) is 62.6. The van der Waals surface area contributed by atoms with Gasteiger partial charge in [-0.3, -0.25) is 14.4 Å². The summed E-state index contributed by atoms with van der Waals surface area (Å²) in [6.45, 7) is 6.47. The molecule has 0 saturated heterocycles. The van der Waals surface area contributed by atoms with Crippen LogP contribution in [-0.2, 0) is 28.6 Å². The molecule has 6 nitrogen and oxygen atoms in total. The number of esters is 3. The average Bonchev–Trinajstić information content (AvgIpc) is 3.31. The predicted molar refractivity (Wildman–Crippen MR) is 284 cm³/mol. The van der Waals surface area contributed by atoms with Gasteiger partial charge in [-0.25, -0.2) is 0 Å². The maximum Gasteiger partial charge on any atom is 0.306 e. The number of unbranched alkanes of at least 4 members (excludes halogenated alkanes) is 24. The summed E-state index contributed by atoms with van der Waals surface area (Å²) >= 11 is 0. The van der Waals surface area contributed by atoms with Crippen LogP contribution in [-0.4, -0.2) is 37.2 Å². The van der Waals surface area contributed by atoms with Crippen molar-refractivity contribution in [3.05, 3.63) is 85.1 Å². The molecule has 378 valence electrons. The number of carbonyl (C=O) groups is 3. The summed E-state index contributed by atoms with van der Waals surface area (Å²) < 4.78 is 16.8. The number of hydrogen-bond donors (Lipinski definition) is 0. The van der Waals surface area contributed by atoms with Crippen LogP contribution in [0.2, 0.25) is 0 Å². The van der Waals surface area contributed by atoms with Gasteiger partial charge in [0.05, 0.1) is 0 Å². The predicted octanol–water partition coefficient (Wildman–Crippen LogP) is 18.4. The minimum atomic E-state index is -0.796. The lowest BCUT2D eigenvalue weighted by molar-refractivity contribution is -0.167. The fraction of sp³-hybridized carbons (Fsp3) is 0.717. The third kappa shape index (κ3) is 51.6. The molecule has 0 saturated carbocycles. The van der Waals surface area contributed by atoms with E-state index < -0.39 is 6.10 Å². The molecule has 0 aromatic heterocycles. The van der Waals surface area contributed by atoms with Crippen molar-refractivity contribution in [2.75, 3.05) is 13.2 Å². The van der Waals surface area contributed by atoms with Crippen molar-refractivity contribution in [3.63, 3.8) is 0 Å². The van der Waals surface area contributed by atoms with Gasteiger partial charge in [-0.2, -0.15) is 0 Å². The number of ether oxygens (including phenoxy) is 3. The van der Waals surface area contributed by atoms with E-state index in [9.17, 15) is 14.4 Å². The zero-order chi connectivity index (χ0) is 47.9. The molecule has 0 radical (unpaired) electrons. The zero-order valence-electron chi connectivity index (χ0n) is 43.2. The Morgan fingerprint density at radius 3 is 0.970 bits per heavy atom. The van der Waals surface area contributed by atoms with Crippen LogP contribution in [0.1, 0.15) is 258 Å². The van der Waals surface area contributed by atoms with E-state index in [-0.39, 0.29) is 31.1 Å². The molecule has 0 bridgehead atoms. The highest BCUT2D eigenvalue weighted by Crippen LogP contribution is 2.15. The van der Waals surface area contributed by atoms with Gasteiger partial charge >= 0.3 is 17.9 Å². The van der Waals surface area contributed by atoms with E-state index in [0.29, 0.717) is 19.3 Å². The Balaban J connectivity index is 4.46. The highest BCUT2D eigenvalue weighted by Gasteiger charge is 2.19. The van der Waals surface area contributed by atoms with Crippen LogP contribution >= 0.6 is 0 Å². The lowest BCUT2D eigenvalue weighted by Crippen LogP contribution is -2.30. The SMILES string of the molecule is CC/C=C/C/C=C/C/C=C/C/C=C/C/C=C/CCCCCC(=O)OC[C@@H](COC(=O)CCCCCCCCCCCCCCCC)OC(=O)CCCCCCC/C=C/C/C=C/CCCCC. The summed E-state index contributed by atoms with van der Waals surface area (Å²) in [5, 5.41) is 0. The third-order valence-corrected chi connectivity index (χ3v) is 11.6. The lowest BCUT2D eigenvalue weighted by atomic mass is 10.0. The van der Waals surface area contributed by atoms with E-state index in [1.54, 1.807) is 0 Å². The molecule has 0 amide bonds. The fourth-order valence-corrected chi connectivity index (χ4v) is 7.50. The fourth-order valence-electron chi connectivity index (χ4n) is 7.50. The molecule has 0 aliphatic rings. The van der Waals surface area contributed by atoms with Crippen molar-refractivity contribution in [1.82, 2.24) is 0 Å². The Labute approximate surface area is 407 Å². The molecule has 0 unspecified atom stereocenters. The first-order chi connectivity index (χ1) is 32.5. The van der Waals surface area contributed by atoms with E-state index in [0.717, 1.165) is 122 Å². The van der Waals surface area contributed by atoms with E-state index in [4.69, 9.17) is 14.2 Å². The molecular formula is C60H102O6. The van der Waals surface area contributed by atoms with Gasteiger partial charge in [0.15, 0.2) is 6.10 Å². The van der Waals surface area contributed by atoms with Gasteiger partial charge < -0.3 is 14.2 Å². The maximum atomic E-state index is 12.8. The van der Waals surface area contributed by atoms with Crippen molar-refractivity contribution >= 4 is 17.9 Å². The average molecular weight is 919 g/mol. The summed E-state index contributed by atoms with van der Waals surface area (Å²) in [5.74, 6) is -0.935. The summed E-state index contributed by atoms with van der Waals surface area (Å²) in [4.78, 5) is 38.1. The van der Waals surface area contributed by atoms with Crippen LogP contribution in [0, 0.1) is 0 Å². The van der Waals surface area contributed by atoms with Gasteiger partial charge in [0, 0.05) is 19.3 Å². The molecule has 0 heterocycles. The van der Waals surface area contributed by atoms with Crippen LogP contribution in [0.5, 0.6) is 0 Å². The maximum absolute atomic E-state index is 12.8. The Hall–Kier alpha value is -3.41. The van der Waals surface area contributed by atoms with Gasteiger partial charge in [-0.1, -0.05) is 228 Å². The number of rotatable bonds is 49. The van der Waals surface area contributed by atoms with E-state index in [1.807, 2.05) is 0 Å². The van der Waals surface area contributed by atoms with Crippen molar-refractivity contribution in [3.8, 4) is 0 Å². The van der Waals surface area contributed by atoms with E-state index in [2.05, 4.69) is 106 Å². The summed E-state index contributed by atoms with van der Waals surface area (Å²) in [6.07, 6.45) is 69.9. The molecule has 6 heteroatoms. The molecule has 66 heavy (non-hydrogen) atoms. The summed E-state index contributed by atoms with van der Waals surface area (Å²) in [7, 11) is 0. The standard InChI is InChI=1S/C60H102O6/c1-4-7-10-13-16-19-22-25-28-29-30-31-33-35-38-41-44-47-50-53-59(62)65-56-57(55-64-58(61)52-49-46-43-40-37-34-27-24-21-18-15-12-9-6-3)66-60(63)54-51-48-45-42-39-36-32-26-23-20-17-14-11-8-5-2/h7,10,16-17,19-20,25-26,28,30-32,35,38,57H,4-6,8-9,11-15,18,21-24,27,29,33-34,36-37,39-56H2,1-3H3/b10-7+,19-16+,20-17+,28-25+,31-30+,32-26+,38-35+/t57-/m1/s1. The van der Waals surface area contributed by atoms with Crippen LogP contribution in [0.25, 0.3) is 0 Å². The van der Waals surface area contributed by atoms with Gasteiger partial charge in [-0.15, -0.1) is 0 Å². The van der Waals surface area contributed by atoms with Crippen molar-refractivity contribution in [2.45, 2.75) is 264 Å². The van der Waals surface area contributed by atoms with Crippen LogP contribution < -0.4 is 0 Å². The third-order valence-electron chi connectivity index (χ3n) is 11.6. The molecule has 0 spiro atoms. The van der Waals surface area contributed by atoms with Crippen LogP contribution in [0.4, 0.5) is 0 Å². The summed E-state index contributed by atoms with van der Waals surface area (Å²) in [6, 6.07) is 0. The van der Waals surface area contributed by atoms with Gasteiger partial charge in [-0.05, 0) is 96.3 Å². The normalized spacial score (nSPS) is 12.7. The minimum absolute atomic E-state index is 0.0914. The first-order valence-electron chi connectivity index (χ1n) is 27.6. The monoisotopic (exact) mass is 919 g/mol. The Bertz CT molecular complexity index is 1290. The zero-order valence-corrected chi connectivity index (χ0v) is 43.2. The van der Waals surface area contributed by atoms with Crippen molar-refractivity contribution < 1.29 is 28.6 Å². The number of carbonyl (C=O) groups excluding carboxylic acids is 3. The van der Waals surface area contributed by atoms with E-state index >= 15 is 0 Å². The number of hydrogen-bond acceptors (Lipinski definition) is 6. The van der Waals surface area contributed by atoms with Crippen LogP contribution in [0.3, 0.4) is 0 Å². The van der Waals surface area contributed by atoms with Gasteiger partial charge in [0.2, 0.25) is 0 Å². The smallest absolute Gasteiger partial charge is 0.306 e. The molecule has 0 aliphatic heterocycles. The highest BCUT2D eigenvalue weighted by atomic mass is 16.6. The second kappa shape index (κ2) is 54.2. The van der Waals surface area contributed by atoms with Crippen molar-refractivity contribution in [1.29, 1.82) is 0 Å². The van der Waals surface area contributed by atoms with E-state index in [1.165, 1.54) is 96.3 Å². The molecule has 1 atom stereocenters. The molecule has 0 aromatic carbocycles. The molecule has 0 aromatic rings.